The summed E-state index contributed by atoms with van der Waals surface area (Å²) >= 11 is 0. The molecule has 0 saturated heterocycles. The zero-order valence-electron chi connectivity index (χ0n) is 16.8. The highest BCUT2D eigenvalue weighted by Crippen LogP contribution is 2.39. The van der Waals surface area contributed by atoms with E-state index in [2.05, 4.69) is 10.4 Å². The van der Waals surface area contributed by atoms with Crippen LogP contribution in [-0.2, 0) is 4.79 Å². The Morgan fingerprint density at radius 1 is 1.17 bits per heavy atom. The number of carbonyl (C=O) groups is 2. The molecule has 1 atom stereocenters. The van der Waals surface area contributed by atoms with Gasteiger partial charge in [-0.05, 0) is 49.4 Å². The van der Waals surface area contributed by atoms with Gasteiger partial charge in [0.15, 0.2) is 17.3 Å². The van der Waals surface area contributed by atoms with Gasteiger partial charge in [0.05, 0.1) is 31.5 Å². The molecule has 1 unspecified atom stereocenters. The smallest absolute Gasteiger partial charge is 0.226 e. The molecule has 1 aromatic heterocycles. The van der Waals surface area contributed by atoms with E-state index in [0.717, 1.165) is 5.69 Å². The molecule has 30 heavy (non-hydrogen) atoms. The summed E-state index contributed by atoms with van der Waals surface area (Å²) < 4.78 is 11.9. The van der Waals surface area contributed by atoms with Gasteiger partial charge in [0.25, 0.3) is 0 Å². The van der Waals surface area contributed by atoms with Crippen molar-refractivity contribution in [3.8, 4) is 22.9 Å². The van der Waals surface area contributed by atoms with Crippen LogP contribution in [0.25, 0.3) is 5.69 Å². The van der Waals surface area contributed by atoms with Crippen LogP contribution in [0.1, 0.15) is 34.0 Å². The molecule has 8 heteroatoms. The number of amides is 1. The summed E-state index contributed by atoms with van der Waals surface area (Å²) in [6.45, 7) is 1.81. The zero-order chi connectivity index (χ0) is 21.4. The van der Waals surface area contributed by atoms with Gasteiger partial charge in [-0.3, -0.25) is 9.59 Å². The van der Waals surface area contributed by atoms with Crippen LogP contribution >= 0.6 is 0 Å². The van der Waals surface area contributed by atoms with Crippen molar-refractivity contribution in [1.29, 1.82) is 0 Å². The Balaban J connectivity index is 1.78. The third-order valence-electron chi connectivity index (χ3n) is 5.20. The largest absolute Gasteiger partial charge is 0.504 e. The maximum absolute atomic E-state index is 13.3. The maximum Gasteiger partial charge on any atom is 0.226 e. The molecule has 4 rings (SSSR count). The van der Waals surface area contributed by atoms with E-state index in [9.17, 15) is 14.7 Å². The van der Waals surface area contributed by atoms with Crippen LogP contribution < -0.4 is 14.8 Å². The third-order valence-corrected chi connectivity index (χ3v) is 5.20. The number of benzene rings is 2. The summed E-state index contributed by atoms with van der Waals surface area (Å²) in [6.07, 6.45) is 0.0180. The van der Waals surface area contributed by atoms with Crippen molar-refractivity contribution in [2.24, 2.45) is 0 Å². The summed E-state index contributed by atoms with van der Waals surface area (Å²) in [5, 5.41) is 17.2. The Morgan fingerprint density at radius 3 is 2.57 bits per heavy atom. The molecule has 1 aliphatic rings. The number of anilines is 1. The highest BCUT2D eigenvalue weighted by atomic mass is 16.5. The Morgan fingerprint density at radius 2 is 1.90 bits per heavy atom. The van der Waals surface area contributed by atoms with Crippen LogP contribution in [0.15, 0.2) is 42.5 Å². The minimum Gasteiger partial charge on any atom is -0.504 e. The summed E-state index contributed by atoms with van der Waals surface area (Å²) in [4.78, 5) is 25.8. The van der Waals surface area contributed by atoms with E-state index in [1.54, 1.807) is 23.9 Å². The summed E-state index contributed by atoms with van der Waals surface area (Å²) in [6, 6.07) is 11.7. The summed E-state index contributed by atoms with van der Waals surface area (Å²) in [7, 11) is 3.00. The number of rotatable bonds is 5. The molecular weight excluding hydrogens is 386 g/mol. The van der Waals surface area contributed by atoms with E-state index in [-0.39, 0.29) is 29.6 Å². The van der Waals surface area contributed by atoms with Gasteiger partial charge in [0, 0.05) is 17.5 Å². The average Bonchev–Trinajstić information content (AvgIpc) is 3.09. The van der Waals surface area contributed by atoms with Crippen LogP contribution in [0.4, 0.5) is 5.82 Å². The fourth-order valence-corrected chi connectivity index (χ4v) is 3.71. The van der Waals surface area contributed by atoms with Gasteiger partial charge in [-0.15, -0.1) is 0 Å². The average molecular weight is 407 g/mol. The number of hydrogen-bond acceptors (Lipinski definition) is 6. The van der Waals surface area contributed by atoms with Crippen LogP contribution in [0.3, 0.4) is 0 Å². The standard InChI is InChI=1S/C22H21N3O5/c1-12-20-16(21(28)13-4-9-17(26)18(10-13)30-3)11-19(27)23-22(20)25(24-12)14-5-7-15(29-2)8-6-14/h4-10,16,26H,11H2,1-3H3,(H,23,27). The van der Waals surface area contributed by atoms with Gasteiger partial charge in [-0.25, -0.2) is 4.68 Å². The van der Waals surface area contributed by atoms with E-state index in [4.69, 9.17) is 9.47 Å². The van der Waals surface area contributed by atoms with Crippen molar-refractivity contribution < 1.29 is 24.2 Å². The number of aromatic hydroxyl groups is 1. The number of ketones is 1. The highest BCUT2D eigenvalue weighted by molar-refractivity contribution is 6.08. The van der Waals surface area contributed by atoms with E-state index in [1.165, 1.54) is 25.3 Å². The first kappa shape index (κ1) is 19.5. The predicted octanol–water partition coefficient (Wildman–Crippen LogP) is 3.21. The fraction of sp³-hybridized carbons (Fsp3) is 0.227. The highest BCUT2D eigenvalue weighted by Gasteiger charge is 2.36. The lowest BCUT2D eigenvalue weighted by atomic mass is 9.85. The van der Waals surface area contributed by atoms with Gasteiger partial charge < -0.3 is 19.9 Å². The number of hydrogen-bond donors (Lipinski definition) is 2. The van der Waals surface area contributed by atoms with Gasteiger partial charge in [-0.1, -0.05) is 0 Å². The molecule has 2 aromatic carbocycles. The number of methoxy groups -OCH3 is 2. The summed E-state index contributed by atoms with van der Waals surface area (Å²) in [5.41, 5.74) is 2.43. The predicted molar refractivity (Wildman–Crippen MR) is 110 cm³/mol. The van der Waals surface area contributed by atoms with Gasteiger partial charge in [0.1, 0.15) is 11.6 Å². The molecular formula is C22H21N3O5. The molecule has 3 aromatic rings. The van der Waals surface area contributed by atoms with Crippen molar-refractivity contribution in [2.45, 2.75) is 19.3 Å². The molecule has 0 saturated carbocycles. The van der Waals surface area contributed by atoms with Crippen LogP contribution in [0.5, 0.6) is 17.2 Å². The first-order valence-electron chi connectivity index (χ1n) is 9.38. The molecule has 0 spiro atoms. The van der Waals surface area contributed by atoms with Gasteiger partial charge in [-0.2, -0.15) is 5.10 Å². The van der Waals surface area contributed by atoms with E-state index >= 15 is 0 Å². The minimum absolute atomic E-state index is 0.0180. The van der Waals surface area contributed by atoms with Crippen molar-refractivity contribution in [3.63, 3.8) is 0 Å². The van der Waals surface area contributed by atoms with Gasteiger partial charge in [0.2, 0.25) is 5.91 Å². The molecule has 0 bridgehead atoms. The monoisotopic (exact) mass is 407 g/mol. The second kappa shape index (κ2) is 7.55. The quantitative estimate of drug-likeness (QED) is 0.630. The Hall–Kier alpha value is -3.81. The van der Waals surface area contributed by atoms with E-state index in [1.807, 2.05) is 19.1 Å². The molecule has 154 valence electrons. The number of aromatic nitrogens is 2. The number of aryl methyl sites for hydroxylation is 1. The molecule has 2 N–H and O–H groups in total. The second-order valence-electron chi connectivity index (χ2n) is 7.01. The van der Waals surface area contributed by atoms with E-state index in [0.29, 0.717) is 28.4 Å². The normalized spacial score (nSPS) is 15.3. The number of phenols is 1. The molecule has 0 fully saturated rings. The van der Waals surface area contributed by atoms with Crippen molar-refractivity contribution in [2.75, 3.05) is 19.5 Å². The Labute approximate surface area is 173 Å². The first-order chi connectivity index (χ1) is 14.4. The van der Waals surface area contributed by atoms with Crippen molar-refractivity contribution >= 4 is 17.5 Å². The second-order valence-corrected chi connectivity index (χ2v) is 7.01. The van der Waals surface area contributed by atoms with Gasteiger partial charge >= 0.3 is 0 Å². The lowest BCUT2D eigenvalue weighted by Gasteiger charge is -2.23. The molecule has 1 amide bonds. The van der Waals surface area contributed by atoms with Crippen molar-refractivity contribution in [3.05, 3.63) is 59.3 Å². The summed E-state index contributed by atoms with van der Waals surface area (Å²) in [5.74, 6) is 0.150. The number of nitrogens with one attached hydrogen (secondary N) is 1. The number of Topliss-reactive ketones (excluding diaryl/α,β-unsaturated/α-hetero) is 1. The first-order valence-corrected chi connectivity index (χ1v) is 9.38. The molecule has 1 aliphatic heterocycles. The van der Waals surface area contributed by atoms with Crippen LogP contribution in [-0.4, -0.2) is 40.8 Å². The van der Waals surface area contributed by atoms with Crippen LogP contribution in [0, 0.1) is 6.92 Å². The lowest BCUT2D eigenvalue weighted by molar-refractivity contribution is -0.116. The number of nitrogens with zero attached hydrogens (tertiary/aromatic N) is 2. The number of ether oxygens (including phenoxy) is 2. The molecule has 8 nitrogen and oxygen atoms in total. The van der Waals surface area contributed by atoms with Crippen LogP contribution in [0.2, 0.25) is 0 Å². The Kier molecular flexibility index (Phi) is 4.91. The lowest BCUT2D eigenvalue weighted by Crippen LogP contribution is -2.28. The number of carbonyl (C=O) groups excluding carboxylic acids is 2. The molecule has 0 radical (unpaired) electrons. The Bertz CT molecular complexity index is 1130. The number of fused-ring (bicyclic) bond motifs is 1. The maximum atomic E-state index is 13.3. The third kappa shape index (κ3) is 3.26. The zero-order valence-corrected chi connectivity index (χ0v) is 16.8. The molecule has 2 heterocycles. The topological polar surface area (TPSA) is 103 Å². The van der Waals surface area contributed by atoms with E-state index < -0.39 is 5.92 Å². The fourth-order valence-electron chi connectivity index (χ4n) is 3.71. The number of phenolic OH excluding ortho intramolecular Hbond substituents is 1. The van der Waals surface area contributed by atoms with Crippen molar-refractivity contribution in [1.82, 2.24) is 9.78 Å². The SMILES string of the molecule is COc1ccc(-n2nc(C)c3c2NC(=O)CC3C(=O)c2ccc(O)c(OC)c2)cc1. The minimum atomic E-state index is -0.685. The molecule has 0 aliphatic carbocycles.